The first kappa shape index (κ1) is 18.2. The monoisotopic (exact) mass is 324 g/mol. The van der Waals surface area contributed by atoms with Crippen LogP contribution in [0.3, 0.4) is 0 Å². The molecule has 1 amide bonds. The Hall–Kier alpha value is -1.82. The van der Waals surface area contributed by atoms with Gasteiger partial charge in [0.1, 0.15) is 12.0 Å². The van der Waals surface area contributed by atoms with Gasteiger partial charge in [0.2, 0.25) is 0 Å². The van der Waals surface area contributed by atoms with E-state index in [1.54, 1.807) is 6.07 Å². The lowest BCUT2D eigenvalue weighted by atomic mass is 10.0. The van der Waals surface area contributed by atoms with Crippen LogP contribution in [0.2, 0.25) is 0 Å². The van der Waals surface area contributed by atoms with Gasteiger partial charge >= 0.3 is 0 Å². The molecule has 0 aliphatic rings. The van der Waals surface area contributed by atoms with Gasteiger partial charge in [0.15, 0.2) is 0 Å². The van der Waals surface area contributed by atoms with Crippen LogP contribution in [-0.4, -0.2) is 17.1 Å². The average Bonchev–Trinajstić information content (AvgIpc) is 2.97. The summed E-state index contributed by atoms with van der Waals surface area (Å²) < 4.78 is 5.13. The summed E-state index contributed by atoms with van der Waals surface area (Å²) in [5.41, 5.74) is 6.72. The fraction of sp³-hybridized carbons (Fsp3) is 0.312. The molecule has 0 aliphatic carbocycles. The number of hydrogen-bond donors (Lipinski definition) is 3. The Labute approximate surface area is 135 Å². The van der Waals surface area contributed by atoms with Gasteiger partial charge in [-0.25, -0.2) is 0 Å². The van der Waals surface area contributed by atoms with E-state index in [4.69, 9.17) is 10.2 Å². The number of rotatable bonds is 6. The Morgan fingerprint density at radius 2 is 2.05 bits per heavy atom. The van der Waals surface area contributed by atoms with Crippen molar-refractivity contribution in [2.45, 2.75) is 32.0 Å². The van der Waals surface area contributed by atoms with E-state index in [9.17, 15) is 9.90 Å². The lowest BCUT2D eigenvalue weighted by Gasteiger charge is -2.17. The van der Waals surface area contributed by atoms with Crippen molar-refractivity contribution in [2.24, 2.45) is 5.73 Å². The third-order valence-corrected chi connectivity index (χ3v) is 3.26. The predicted molar refractivity (Wildman–Crippen MR) is 86.8 cm³/mol. The number of benzene rings is 1. The Balaban J connectivity index is 0.00000242. The standard InChI is InChI=1S/C16H20N2O3.ClH/c1-11(7-15(19)12-5-3-2-4-6-12)18-16(20)13-8-14(9-17)21-10-13;/h2-6,8,10-11,15,19H,7,9,17H2,1H3,(H,18,20);1H. The topological polar surface area (TPSA) is 88.5 Å². The molecule has 1 heterocycles. The normalized spacial score (nSPS) is 13.0. The van der Waals surface area contributed by atoms with E-state index in [2.05, 4.69) is 5.32 Å². The molecule has 0 aliphatic heterocycles. The second-order valence-electron chi connectivity index (χ2n) is 5.04. The number of amides is 1. The van der Waals surface area contributed by atoms with Gasteiger partial charge in [-0.1, -0.05) is 30.3 Å². The van der Waals surface area contributed by atoms with Gasteiger partial charge in [0.05, 0.1) is 18.2 Å². The van der Waals surface area contributed by atoms with E-state index in [1.807, 2.05) is 37.3 Å². The maximum absolute atomic E-state index is 12.0. The molecule has 4 N–H and O–H groups in total. The lowest BCUT2D eigenvalue weighted by molar-refractivity contribution is 0.0916. The molecule has 2 atom stereocenters. The molecule has 2 rings (SSSR count). The first-order valence-corrected chi connectivity index (χ1v) is 6.91. The van der Waals surface area contributed by atoms with Gasteiger partial charge in [0.25, 0.3) is 5.91 Å². The molecule has 1 aromatic heterocycles. The summed E-state index contributed by atoms with van der Waals surface area (Å²) in [6.07, 6.45) is 1.22. The molecule has 6 heteroatoms. The van der Waals surface area contributed by atoms with Crippen LogP contribution in [0.25, 0.3) is 0 Å². The Kier molecular flexibility index (Phi) is 7.11. The van der Waals surface area contributed by atoms with Crippen molar-refractivity contribution >= 4 is 18.3 Å². The number of nitrogens with one attached hydrogen (secondary N) is 1. The first-order chi connectivity index (χ1) is 10.1. The maximum Gasteiger partial charge on any atom is 0.254 e. The molecule has 5 nitrogen and oxygen atoms in total. The molecule has 0 bridgehead atoms. The summed E-state index contributed by atoms with van der Waals surface area (Å²) >= 11 is 0. The lowest BCUT2D eigenvalue weighted by Crippen LogP contribution is -2.33. The fourth-order valence-corrected chi connectivity index (χ4v) is 2.12. The minimum Gasteiger partial charge on any atom is -0.467 e. The molecule has 1 aromatic carbocycles. The van der Waals surface area contributed by atoms with Crippen LogP contribution >= 0.6 is 12.4 Å². The van der Waals surface area contributed by atoms with Crippen molar-refractivity contribution < 1.29 is 14.3 Å². The van der Waals surface area contributed by atoms with Crippen molar-refractivity contribution in [2.75, 3.05) is 0 Å². The number of halogens is 1. The van der Waals surface area contributed by atoms with E-state index < -0.39 is 6.10 Å². The predicted octanol–water partition coefficient (Wildman–Crippen LogP) is 2.40. The van der Waals surface area contributed by atoms with Crippen LogP contribution in [0.1, 0.15) is 41.1 Å². The maximum atomic E-state index is 12.0. The van der Waals surface area contributed by atoms with Crippen LogP contribution in [0.15, 0.2) is 47.1 Å². The van der Waals surface area contributed by atoms with E-state index in [-0.39, 0.29) is 30.9 Å². The highest BCUT2D eigenvalue weighted by Gasteiger charge is 2.16. The highest BCUT2D eigenvalue weighted by atomic mass is 35.5. The Morgan fingerprint density at radius 3 is 2.64 bits per heavy atom. The molecule has 0 saturated carbocycles. The Bertz CT molecular complexity index is 586. The molecular weight excluding hydrogens is 304 g/mol. The molecule has 120 valence electrons. The van der Waals surface area contributed by atoms with Crippen molar-refractivity contribution in [3.63, 3.8) is 0 Å². The van der Waals surface area contributed by atoms with Gasteiger partial charge in [0, 0.05) is 6.04 Å². The van der Waals surface area contributed by atoms with Crippen molar-refractivity contribution in [3.8, 4) is 0 Å². The number of aliphatic hydroxyl groups is 1. The third-order valence-electron chi connectivity index (χ3n) is 3.26. The van der Waals surface area contributed by atoms with Crippen molar-refractivity contribution in [1.82, 2.24) is 5.32 Å². The molecule has 0 spiro atoms. The number of hydrogen-bond acceptors (Lipinski definition) is 4. The molecular formula is C16H21ClN2O3. The van der Waals surface area contributed by atoms with Gasteiger partial charge in [-0.2, -0.15) is 0 Å². The zero-order valence-corrected chi connectivity index (χ0v) is 13.2. The summed E-state index contributed by atoms with van der Waals surface area (Å²) in [6, 6.07) is 10.8. The minimum atomic E-state index is -0.606. The number of carbonyl (C=O) groups excluding carboxylic acids is 1. The molecule has 0 fully saturated rings. The third kappa shape index (κ3) is 4.87. The van der Waals surface area contributed by atoms with Gasteiger partial charge in [-0.15, -0.1) is 12.4 Å². The van der Waals surface area contributed by atoms with Crippen molar-refractivity contribution in [1.29, 1.82) is 0 Å². The van der Waals surface area contributed by atoms with E-state index >= 15 is 0 Å². The second kappa shape index (κ2) is 8.58. The minimum absolute atomic E-state index is 0. The number of carbonyl (C=O) groups is 1. The van der Waals surface area contributed by atoms with Crippen LogP contribution in [0.4, 0.5) is 0 Å². The average molecular weight is 325 g/mol. The summed E-state index contributed by atoms with van der Waals surface area (Å²) in [6.45, 7) is 2.11. The molecule has 0 radical (unpaired) electrons. The van der Waals surface area contributed by atoms with E-state index in [0.29, 0.717) is 17.7 Å². The second-order valence-corrected chi connectivity index (χ2v) is 5.04. The van der Waals surface area contributed by atoms with Gasteiger partial charge in [-0.3, -0.25) is 4.79 Å². The smallest absolute Gasteiger partial charge is 0.254 e. The quantitative estimate of drug-likeness (QED) is 0.761. The zero-order valence-electron chi connectivity index (χ0n) is 12.4. The highest BCUT2D eigenvalue weighted by Crippen LogP contribution is 2.18. The Morgan fingerprint density at radius 1 is 1.36 bits per heavy atom. The molecule has 0 saturated heterocycles. The largest absolute Gasteiger partial charge is 0.467 e. The van der Waals surface area contributed by atoms with Crippen LogP contribution in [0, 0.1) is 0 Å². The summed E-state index contributed by atoms with van der Waals surface area (Å²) in [5, 5.41) is 13.0. The number of aliphatic hydroxyl groups excluding tert-OH is 1. The van der Waals surface area contributed by atoms with Crippen molar-refractivity contribution in [3.05, 3.63) is 59.5 Å². The summed E-state index contributed by atoms with van der Waals surface area (Å²) in [7, 11) is 0. The van der Waals surface area contributed by atoms with E-state index in [0.717, 1.165) is 5.56 Å². The zero-order chi connectivity index (χ0) is 15.2. The van der Waals surface area contributed by atoms with Crippen LogP contribution in [0.5, 0.6) is 0 Å². The summed E-state index contributed by atoms with van der Waals surface area (Å²) in [5.74, 6) is 0.336. The summed E-state index contributed by atoms with van der Waals surface area (Å²) in [4.78, 5) is 12.0. The number of furan rings is 1. The molecule has 22 heavy (non-hydrogen) atoms. The SMILES string of the molecule is CC(CC(O)c1ccccc1)NC(=O)c1coc(CN)c1.Cl. The van der Waals surface area contributed by atoms with Crippen LogP contribution < -0.4 is 11.1 Å². The van der Waals surface area contributed by atoms with Crippen LogP contribution in [-0.2, 0) is 6.54 Å². The first-order valence-electron chi connectivity index (χ1n) is 6.91. The molecule has 2 unspecified atom stereocenters. The van der Waals surface area contributed by atoms with E-state index in [1.165, 1.54) is 6.26 Å². The fourth-order valence-electron chi connectivity index (χ4n) is 2.12. The molecule has 2 aromatic rings. The highest BCUT2D eigenvalue weighted by molar-refractivity contribution is 5.94. The van der Waals surface area contributed by atoms with Gasteiger partial charge in [-0.05, 0) is 25.0 Å². The number of nitrogens with two attached hydrogens (primary N) is 1. The van der Waals surface area contributed by atoms with Gasteiger partial charge < -0.3 is 20.6 Å².